The number of rotatable bonds is 9. The summed E-state index contributed by atoms with van der Waals surface area (Å²) in [5.41, 5.74) is 1.18. The van der Waals surface area contributed by atoms with Crippen molar-refractivity contribution in [2.45, 2.75) is 6.42 Å². The van der Waals surface area contributed by atoms with Crippen molar-refractivity contribution in [3.8, 4) is 23.0 Å². The van der Waals surface area contributed by atoms with Crippen molar-refractivity contribution in [1.29, 1.82) is 0 Å². The molecule has 26 heavy (non-hydrogen) atoms. The molecule has 0 aromatic heterocycles. The molecule has 0 N–H and O–H groups in total. The largest absolute Gasteiger partial charge is 0.493 e. The van der Waals surface area contributed by atoms with Gasteiger partial charge in [-0.05, 0) is 23.8 Å². The van der Waals surface area contributed by atoms with Crippen LogP contribution >= 0.6 is 39.1 Å². The maximum absolute atomic E-state index is 5.91. The highest BCUT2D eigenvalue weighted by Crippen LogP contribution is 2.41. The molecule has 0 unspecified atom stereocenters. The van der Waals surface area contributed by atoms with E-state index in [1.54, 1.807) is 32.4 Å². The summed E-state index contributed by atoms with van der Waals surface area (Å²) in [6.07, 6.45) is 2.31. The van der Waals surface area contributed by atoms with Crippen molar-refractivity contribution in [3.63, 3.8) is 0 Å². The average Bonchev–Trinajstić information content (AvgIpc) is 2.63. The summed E-state index contributed by atoms with van der Waals surface area (Å²) in [6.45, 7) is 0.720. The fourth-order valence-electron chi connectivity index (χ4n) is 2.20. The molecule has 0 fully saturated rings. The Morgan fingerprint density at radius 3 is 2.15 bits per heavy atom. The fourth-order valence-corrected chi connectivity index (χ4v) is 2.59. The van der Waals surface area contributed by atoms with Gasteiger partial charge in [0.05, 0.1) is 20.8 Å². The van der Waals surface area contributed by atoms with Gasteiger partial charge < -0.3 is 18.9 Å². The van der Waals surface area contributed by atoms with Crippen molar-refractivity contribution in [3.05, 3.63) is 57.0 Å². The highest BCUT2D eigenvalue weighted by atomic mass is 79.9. The Balaban J connectivity index is 2.08. The lowest BCUT2D eigenvalue weighted by atomic mass is 10.2. The number of hydrogen-bond acceptors (Lipinski definition) is 4. The second-order valence-corrected chi connectivity index (χ2v) is 7.11. The Morgan fingerprint density at radius 2 is 1.62 bits per heavy atom. The predicted octanol–water partition coefficient (Wildman–Crippen LogP) is 5.79. The first kappa shape index (κ1) is 20.7. The normalized spacial score (nSPS) is 10.2. The molecule has 0 saturated heterocycles. The van der Waals surface area contributed by atoms with Crippen LogP contribution < -0.4 is 18.9 Å². The lowest BCUT2D eigenvalue weighted by Gasteiger charge is -2.16. The van der Waals surface area contributed by atoms with E-state index >= 15 is 0 Å². The number of halogens is 3. The summed E-state index contributed by atoms with van der Waals surface area (Å²) in [5, 5.41) is 0. The van der Waals surface area contributed by atoms with Gasteiger partial charge in [0.15, 0.2) is 11.5 Å². The second kappa shape index (κ2) is 10.6. The van der Waals surface area contributed by atoms with E-state index in [1.165, 1.54) is 5.56 Å². The van der Waals surface area contributed by atoms with E-state index in [4.69, 9.17) is 42.1 Å². The molecule has 0 amide bonds. The van der Waals surface area contributed by atoms with E-state index in [9.17, 15) is 0 Å². The molecule has 140 valence electrons. The summed E-state index contributed by atoms with van der Waals surface area (Å²) in [6, 6.07) is 11.6. The summed E-state index contributed by atoms with van der Waals surface area (Å²) >= 11 is 14.6. The minimum absolute atomic E-state index is 0.150. The Morgan fingerprint density at radius 1 is 1.00 bits per heavy atom. The van der Waals surface area contributed by atoms with Crippen molar-refractivity contribution < 1.29 is 18.9 Å². The molecule has 0 aliphatic heterocycles. The van der Waals surface area contributed by atoms with Crippen LogP contribution in [-0.4, -0.2) is 27.4 Å². The molecule has 4 nitrogen and oxygen atoms in total. The molecule has 0 radical (unpaired) electrons. The fraction of sp³-hybridized carbons (Fsp3) is 0.263. The van der Waals surface area contributed by atoms with Crippen molar-refractivity contribution in [2.75, 3.05) is 27.4 Å². The maximum atomic E-state index is 5.91. The molecule has 0 heterocycles. The highest BCUT2D eigenvalue weighted by Gasteiger charge is 2.15. The molecular formula is C19H19BrCl2O4. The third-order valence-corrected chi connectivity index (χ3v) is 4.31. The van der Waals surface area contributed by atoms with Crippen LogP contribution in [0.3, 0.4) is 0 Å². The standard InChI is InChI=1S/C19H19BrCl2O4/c1-23-16-11-15(25-10-8-18(21)22)12-17(24-2)19(16)26-9-7-13-3-5-14(20)6-4-13/h3-6,8,11-12H,7,9-10H2,1-2H3. The van der Waals surface area contributed by atoms with Gasteiger partial charge >= 0.3 is 0 Å². The van der Waals surface area contributed by atoms with Crippen LogP contribution in [0.25, 0.3) is 0 Å². The number of hydrogen-bond donors (Lipinski definition) is 0. The number of ether oxygens (including phenoxy) is 4. The van der Waals surface area contributed by atoms with E-state index in [-0.39, 0.29) is 11.1 Å². The van der Waals surface area contributed by atoms with Gasteiger partial charge in [-0.3, -0.25) is 0 Å². The van der Waals surface area contributed by atoms with Gasteiger partial charge in [-0.2, -0.15) is 0 Å². The average molecular weight is 462 g/mol. The van der Waals surface area contributed by atoms with E-state index < -0.39 is 0 Å². The number of benzene rings is 2. The topological polar surface area (TPSA) is 36.9 Å². The van der Waals surface area contributed by atoms with Crippen molar-refractivity contribution in [2.24, 2.45) is 0 Å². The Bertz CT molecular complexity index is 719. The molecule has 0 atom stereocenters. The minimum atomic E-state index is 0.150. The first-order valence-corrected chi connectivity index (χ1v) is 9.35. The van der Waals surface area contributed by atoms with Crippen LogP contribution in [0.2, 0.25) is 0 Å². The van der Waals surface area contributed by atoms with Crippen molar-refractivity contribution in [1.82, 2.24) is 0 Å². The van der Waals surface area contributed by atoms with Gasteiger partial charge in [-0.1, -0.05) is 51.3 Å². The summed E-state index contributed by atoms with van der Waals surface area (Å²) in [7, 11) is 3.13. The van der Waals surface area contributed by atoms with Crippen LogP contribution in [0.4, 0.5) is 0 Å². The molecule has 2 aromatic rings. The van der Waals surface area contributed by atoms with Crippen molar-refractivity contribution >= 4 is 39.1 Å². The third-order valence-electron chi connectivity index (χ3n) is 3.47. The van der Waals surface area contributed by atoms with Gasteiger partial charge in [-0.15, -0.1) is 0 Å². The second-order valence-electron chi connectivity index (χ2n) is 5.19. The summed E-state index contributed by atoms with van der Waals surface area (Å²) < 4.78 is 23.5. The van der Waals surface area contributed by atoms with E-state index in [0.29, 0.717) is 29.6 Å². The lowest BCUT2D eigenvalue weighted by molar-refractivity contribution is 0.274. The van der Waals surface area contributed by atoms with Gasteiger partial charge in [0.25, 0.3) is 0 Å². The van der Waals surface area contributed by atoms with Crippen LogP contribution in [0.15, 0.2) is 51.4 Å². The monoisotopic (exact) mass is 460 g/mol. The zero-order valence-electron chi connectivity index (χ0n) is 14.4. The van der Waals surface area contributed by atoms with Crippen LogP contribution in [0, 0.1) is 0 Å². The van der Waals surface area contributed by atoms with E-state index in [2.05, 4.69) is 15.9 Å². The molecule has 0 spiro atoms. The molecule has 0 bridgehead atoms. The zero-order valence-corrected chi connectivity index (χ0v) is 17.5. The molecule has 0 aliphatic rings. The smallest absolute Gasteiger partial charge is 0.203 e. The first-order chi connectivity index (χ1) is 12.5. The molecule has 0 saturated carbocycles. The molecule has 2 aromatic carbocycles. The maximum Gasteiger partial charge on any atom is 0.203 e. The predicted molar refractivity (Wildman–Crippen MR) is 108 cm³/mol. The van der Waals surface area contributed by atoms with Gasteiger partial charge in [-0.25, -0.2) is 0 Å². The summed E-state index contributed by atoms with van der Waals surface area (Å²) in [5.74, 6) is 2.14. The molecular weight excluding hydrogens is 443 g/mol. The van der Waals surface area contributed by atoms with Crippen LogP contribution in [-0.2, 0) is 6.42 Å². The Kier molecular flexibility index (Phi) is 8.42. The SMILES string of the molecule is COc1cc(OCC=C(Cl)Cl)cc(OC)c1OCCc1ccc(Br)cc1. The quantitative estimate of drug-likeness (QED) is 0.473. The minimum Gasteiger partial charge on any atom is -0.493 e. The lowest BCUT2D eigenvalue weighted by Crippen LogP contribution is -2.05. The Labute approximate surface area is 171 Å². The zero-order chi connectivity index (χ0) is 18.9. The van der Waals surface area contributed by atoms with Gasteiger partial charge in [0.2, 0.25) is 5.75 Å². The van der Waals surface area contributed by atoms with E-state index in [0.717, 1.165) is 10.9 Å². The molecule has 7 heteroatoms. The van der Waals surface area contributed by atoms with Gasteiger partial charge in [0.1, 0.15) is 16.8 Å². The Hall–Kier alpha value is -1.56. The number of methoxy groups -OCH3 is 2. The third kappa shape index (κ3) is 6.31. The first-order valence-electron chi connectivity index (χ1n) is 7.80. The molecule has 0 aliphatic carbocycles. The highest BCUT2D eigenvalue weighted by molar-refractivity contribution is 9.10. The summed E-state index contributed by atoms with van der Waals surface area (Å²) in [4.78, 5) is 0. The van der Waals surface area contributed by atoms with E-state index in [1.807, 2.05) is 24.3 Å². The van der Waals surface area contributed by atoms with Crippen LogP contribution in [0.1, 0.15) is 5.56 Å². The molecule has 2 rings (SSSR count). The van der Waals surface area contributed by atoms with Gasteiger partial charge in [0, 0.05) is 23.0 Å². The van der Waals surface area contributed by atoms with Crippen LogP contribution in [0.5, 0.6) is 23.0 Å².